The van der Waals surface area contributed by atoms with E-state index in [1.165, 1.54) is 16.6 Å². The number of nitrogens with two attached hydrogens (primary N) is 1. The minimum Gasteiger partial charge on any atom is -0.358 e. The van der Waals surface area contributed by atoms with E-state index in [9.17, 15) is 0 Å². The number of imidazole rings is 1. The van der Waals surface area contributed by atoms with Gasteiger partial charge in [0, 0.05) is 35.6 Å². The molecule has 1 aromatic carbocycles. The summed E-state index contributed by atoms with van der Waals surface area (Å²) in [4.78, 5) is 7.91. The first kappa shape index (κ1) is 12.0. The number of rotatable bonds is 3. The van der Waals surface area contributed by atoms with Crippen LogP contribution in [-0.2, 0) is 13.5 Å². The van der Waals surface area contributed by atoms with Gasteiger partial charge in [-0.25, -0.2) is 4.98 Å². The van der Waals surface area contributed by atoms with Crippen LogP contribution in [0.2, 0.25) is 0 Å². The molecule has 0 aliphatic rings. The molecule has 0 atom stereocenters. The molecule has 3 N–H and O–H groups in total. The zero-order chi connectivity index (χ0) is 13.4. The molecule has 2 heterocycles. The number of aromatic nitrogens is 3. The van der Waals surface area contributed by atoms with E-state index in [0.717, 1.165) is 23.5 Å². The van der Waals surface area contributed by atoms with Gasteiger partial charge in [-0.2, -0.15) is 0 Å². The fraction of sp³-hybridized carbons (Fsp3) is 0.267. The van der Waals surface area contributed by atoms with Gasteiger partial charge in [-0.3, -0.25) is 0 Å². The molecule has 0 spiro atoms. The molecule has 0 aliphatic carbocycles. The van der Waals surface area contributed by atoms with Crippen LogP contribution < -0.4 is 5.73 Å². The average molecular weight is 254 g/mol. The van der Waals surface area contributed by atoms with Crippen LogP contribution in [0.3, 0.4) is 0 Å². The first-order chi connectivity index (χ1) is 9.22. The summed E-state index contributed by atoms with van der Waals surface area (Å²) in [6.45, 7) is 2.72. The number of hydrogen-bond acceptors (Lipinski definition) is 2. The quantitative estimate of drug-likeness (QED) is 0.754. The molecule has 3 aromatic rings. The van der Waals surface area contributed by atoms with E-state index < -0.39 is 0 Å². The molecule has 0 amide bonds. The monoisotopic (exact) mass is 254 g/mol. The summed E-state index contributed by atoms with van der Waals surface area (Å²) in [5.74, 6) is 1.03. The second-order valence-corrected chi connectivity index (χ2v) is 4.83. The Labute approximate surface area is 112 Å². The van der Waals surface area contributed by atoms with Crippen LogP contribution in [0.5, 0.6) is 0 Å². The highest BCUT2D eigenvalue weighted by atomic mass is 15.1. The van der Waals surface area contributed by atoms with Crippen LogP contribution in [0.4, 0.5) is 0 Å². The summed E-state index contributed by atoms with van der Waals surface area (Å²) >= 11 is 0. The molecule has 0 saturated heterocycles. The van der Waals surface area contributed by atoms with Gasteiger partial charge in [0.2, 0.25) is 0 Å². The molecule has 0 unspecified atom stereocenters. The summed E-state index contributed by atoms with van der Waals surface area (Å²) < 4.78 is 2.13. The van der Waals surface area contributed by atoms with Gasteiger partial charge in [0.1, 0.15) is 5.82 Å². The van der Waals surface area contributed by atoms with Gasteiger partial charge >= 0.3 is 0 Å². The summed E-state index contributed by atoms with van der Waals surface area (Å²) in [6.07, 6.45) is 2.74. The third-order valence-corrected chi connectivity index (χ3v) is 3.60. The van der Waals surface area contributed by atoms with E-state index in [4.69, 9.17) is 5.73 Å². The van der Waals surface area contributed by atoms with Crippen molar-refractivity contribution in [2.75, 3.05) is 6.54 Å². The Kier molecular flexibility index (Phi) is 2.87. The molecule has 0 aliphatic heterocycles. The third kappa shape index (κ3) is 1.85. The zero-order valence-corrected chi connectivity index (χ0v) is 11.3. The molecule has 0 fully saturated rings. The molecule has 4 nitrogen and oxygen atoms in total. The predicted octanol–water partition coefficient (Wildman–Crippen LogP) is 2.38. The first-order valence-corrected chi connectivity index (χ1v) is 6.50. The van der Waals surface area contributed by atoms with Gasteiger partial charge in [-0.1, -0.05) is 18.2 Å². The number of para-hydroxylation sites is 1. The Hall–Kier alpha value is -2.07. The number of hydrogen-bond donors (Lipinski definition) is 2. The summed E-state index contributed by atoms with van der Waals surface area (Å²) in [5.41, 5.74) is 10.3. The fourth-order valence-electron chi connectivity index (χ4n) is 2.65. The van der Waals surface area contributed by atoms with Gasteiger partial charge in [0.15, 0.2) is 0 Å². The van der Waals surface area contributed by atoms with Gasteiger partial charge in [0.25, 0.3) is 0 Å². The van der Waals surface area contributed by atoms with Crippen LogP contribution in [0, 0.1) is 6.92 Å². The van der Waals surface area contributed by atoms with E-state index >= 15 is 0 Å². The zero-order valence-electron chi connectivity index (χ0n) is 11.3. The van der Waals surface area contributed by atoms with Crippen molar-refractivity contribution in [3.8, 4) is 11.3 Å². The number of aromatic amines is 1. The van der Waals surface area contributed by atoms with Crippen molar-refractivity contribution in [3.05, 3.63) is 42.0 Å². The highest BCUT2D eigenvalue weighted by Crippen LogP contribution is 2.32. The van der Waals surface area contributed by atoms with E-state index in [2.05, 4.69) is 46.7 Å². The topological polar surface area (TPSA) is 59.6 Å². The lowest BCUT2D eigenvalue weighted by Gasteiger charge is -2.05. The van der Waals surface area contributed by atoms with Crippen molar-refractivity contribution in [3.63, 3.8) is 0 Å². The lowest BCUT2D eigenvalue weighted by Crippen LogP contribution is -2.08. The summed E-state index contributed by atoms with van der Waals surface area (Å²) in [7, 11) is 2.05. The molecule has 0 bridgehead atoms. The van der Waals surface area contributed by atoms with Crippen molar-refractivity contribution in [1.82, 2.24) is 14.5 Å². The minimum atomic E-state index is 0.622. The molecule has 19 heavy (non-hydrogen) atoms. The lowest BCUT2D eigenvalue weighted by atomic mass is 10.1. The number of nitrogens with zero attached hydrogens (tertiary/aromatic N) is 2. The maximum atomic E-state index is 5.62. The van der Waals surface area contributed by atoms with Crippen molar-refractivity contribution in [2.45, 2.75) is 13.3 Å². The Bertz CT molecular complexity index is 721. The molecule has 0 radical (unpaired) electrons. The molecule has 2 aromatic heterocycles. The standard InChI is InChI=1S/C15H18N4/c1-10-15(11-5-3-4-6-12(11)18-10)13-9-17-14(7-8-16)19(13)2/h3-6,9,18H,7-8,16H2,1-2H3. The molecule has 0 saturated carbocycles. The minimum absolute atomic E-state index is 0.622. The molecule has 98 valence electrons. The molecular weight excluding hydrogens is 236 g/mol. The van der Waals surface area contributed by atoms with Crippen molar-refractivity contribution in [1.29, 1.82) is 0 Å². The fourth-order valence-corrected chi connectivity index (χ4v) is 2.65. The van der Waals surface area contributed by atoms with Crippen molar-refractivity contribution in [2.24, 2.45) is 12.8 Å². The summed E-state index contributed by atoms with van der Waals surface area (Å²) in [5, 5.41) is 1.24. The lowest BCUT2D eigenvalue weighted by molar-refractivity contribution is 0.782. The highest BCUT2D eigenvalue weighted by Gasteiger charge is 2.15. The van der Waals surface area contributed by atoms with E-state index in [-0.39, 0.29) is 0 Å². The van der Waals surface area contributed by atoms with Crippen LogP contribution in [0.15, 0.2) is 30.5 Å². The normalized spacial score (nSPS) is 11.3. The predicted molar refractivity (Wildman–Crippen MR) is 78.0 cm³/mol. The number of H-pyrrole nitrogens is 1. The number of nitrogens with one attached hydrogen (secondary N) is 1. The largest absolute Gasteiger partial charge is 0.358 e. The van der Waals surface area contributed by atoms with Crippen LogP contribution >= 0.6 is 0 Å². The Morgan fingerprint density at radius 2 is 2.11 bits per heavy atom. The van der Waals surface area contributed by atoms with E-state index in [1.54, 1.807) is 0 Å². The van der Waals surface area contributed by atoms with Crippen LogP contribution in [0.1, 0.15) is 11.5 Å². The molecule has 3 rings (SSSR count). The Morgan fingerprint density at radius 1 is 1.32 bits per heavy atom. The number of aryl methyl sites for hydroxylation is 1. The van der Waals surface area contributed by atoms with Crippen LogP contribution in [0.25, 0.3) is 22.2 Å². The third-order valence-electron chi connectivity index (χ3n) is 3.60. The van der Waals surface area contributed by atoms with Crippen molar-refractivity contribution < 1.29 is 0 Å². The van der Waals surface area contributed by atoms with Crippen LogP contribution in [-0.4, -0.2) is 21.1 Å². The maximum Gasteiger partial charge on any atom is 0.110 e. The van der Waals surface area contributed by atoms with E-state index in [1.807, 2.05) is 12.3 Å². The number of fused-ring (bicyclic) bond motifs is 1. The summed E-state index contributed by atoms with van der Waals surface area (Å²) in [6, 6.07) is 8.36. The SMILES string of the molecule is Cc1[nH]c2ccccc2c1-c1cnc(CCN)n1C. The van der Waals surface area contributed by atoms with Gasteiger partial charge in [-0.15, -0.1) is 0 Å². The second kappa shape index (κ2) is 4.55. The second-order valence-electron chi connectivity index (χ2n) is 4.83. The molecular formula is C15H18N4. The maximum absolute atomic E-state index is 5.62. The van der Waals surface area contributed by atoms with Crippen molar-refractivity contribution >= 4 is 10.9 Å². The Morgan fingerprint density at radius 3 is 2.89 bits per heavy atom. The Balaban J connectivity index is 2.22. The average Bonchev–Trinajstić information content (AvgIpc) is 2.91. The number of benzene rings is 1. The first-order valence-electron chi connectivity index (χ1n) is 6.50. The van der Waals surface area contributed by atoms with Gasteiger partial charge < -0.3 is 15.3 Å². The van der Waals surface area contributed by atoms with E-state index in [0.29, 0.717) is 6.54 Å². The van der Waals surface area contributed by atoms with Gasteiger partial charge in [0.05, 0.1) is 11.9 Å². The molecule has 4 heteroatoms. The van der Waals surface area contributed by atoms with Gasteiger partial charge in [-0.05, 0) is 19.5 Å². The highest BCUT2D eigenvalue weighted by molar-refractivity contribution is 5.96. The smallest absolute Gasteiger partial charge is 0.110 e.